The number of pyridine rings is 1. The zero-order valence-corrected chi connectivity index (χ0v) is 11.4. The third kappa shape index (κ3) is 1.84. The fourth-order valence-electron chi connectivity index (χ4n) is 2.78. The molecule has 0 unspecified atom stereocenters. The Morgan fingerprint density at radius 3 is 2.81 bits per heavy atom. The number of anilines is 2. The van der Waals surface area contributed by atoms with Gasteiger partial charge in [-0.05, 0) is 18.6 Å². The summed E-state index contributed by atoms with van der Waals surface area (Å²) in [5.41, 5.74) is 16.8. The summed E-state index contributed by atoms with van der Waals surface area (Å²) < 4.78 is 0. The summed E-state index contributed by atoms with van der Waals surface area (Å²) >= 11 is 0. The lowest BCUT2D eigenvalue weighted by Gasteiger charge is -2.14. The van der Waals surface area contributed by atoms with E-state index in [2.05, 4.69) is 10.3 Å². The summed E-state index contributed by atoms with van der Waals surface area (Å²) in [6.07, 6.45) is 4.68. The molecule has 1 aliphatic rings. The van der Waals surface area contributed by atoms with Crippen LogP contribution in [-0.2, 0) is 6.42 Å². The molecule has 0 spiro atoms. The summed E-state index contributed by atoms with van der Waals surface area (Å²) in [4.78, 5) is 4.64. The number of benzene rings is 1. The van der Waals surface area contributed by atoms with Gasteiger partial charge in [0.25, 0.3) is 0 Å². The van der Waals surface area contributed by atoms with Gasteiger partial charge in [-0.15, -0.1) is 0 Å². The molecule has 7 N–H and O–H groups in total. The third-order valence-corrected chi connectivity index (χ3v) is 3.76. The number of hydrogen-bond acceptors (Lipinski definition) is 6. The third-order valence-electron chi connectivity index (χ3n) is 3.76. The standard InChI is InChI=1S/C15H16N6/c16-5-8(6-17)14-9-3-4-20-15(9)13-10(7-18)11(19)1-2-12(13)21-14/h1-2,5-7,16,18,20H,3-4,17,19H2/b8-6+,16-5?,18-7?. The highest BCUT2D eigenvalue weighted by Crippen LogP contribution is 2.37. The van der Waals surface area contributed by atoms with Crippen LogP contribution in [0.4, 0.5) is 11.4 Å². The van der Waals surface area contributed by atoms with Gasteiger partial charge in [0.15, 0.2) is 0 Å². The van der Waals surface area contributed by atoms with Gasteiger partial charge in [0.1, 0.15) is 0 Å². The molecule has 0 saturated heterocycles. The average Bonchev–Trinajstić information content (AvgIpc) is 2.98. The Labute approximate surface area is 121 Å². The number of hydrogen-bond donors (Lipinski definition) is 5. The van der Waals surface area contributed by atoms with Crippen LogP contribution in [0.25, 0.3) is 16.5 Å². The molecule has 0 saturated carbocycles. The first-order valence-electron chi connectivity index (χ1n) is 6.63. The van der Waals surface area contributed by atoms with Crippen LogP contribution in [0.3, 0.4) is 0 Å². The summed E-state index contributed by atoms with van der Waals surface area (Å²) in [6.45, 7) is 0.797. The van der Waals surface area contributed by atoms with E-state index in [0.29, 0.717) is 16.8 Å². The van der Waals surface area contributed by atoms with Crippen molar-refractivity contribution in [3.63, 3.8) is 0 Å². The van der Waals surface area contributed by atoms with Gasteiger partial charge in [0.2, 0.25) is 0 Å². The second-order valence-electron chi connectivity index (χ2n) is 4.86. The highest BCUT2D eigenvalue weighted by atomic mass is 14.9. The molecule has 0 bridgehead atoms. The van der Waals surface area contributed by atoms with Crippen LogP contribution in [0.1, 0.15) is 16.8 Å². The summed E-state index contributed by atoms with van der Waals surface area (Å²) in [5.74, 6) is 0. The van der Waals surface area contributed by atoms with Crippen LogP contribution < -0.4 is 16.8 Å². The molecule has 0 aliphatic carbocycles. The first-order chi connectivity index (χ1) is 10.2. The molecule has 0 fully saturated rings. The molecule has 6 heteroatoms. The minimum Gasteiger partial charge on any atom is -0.404 e. The predicted octanol–water partition coefficient (Wildman–Crippen LogP) is 1.73. The molecule has 0 atom stereocenters. The normalized spacial score (nSPS) is 13.8. The lowest BCUT2D eigenvalue weighted by atomic mass is 9.98. The Morgan fingerprint density at radius 1 is 1.33 bits per heavy atom. The van der Waals surface area contributed by atoms with E-state index in [0.717, 1.165) is 40.8 Å². The van der Waals surface area contributed by atoms with Gasteiger partial charge in [0, 0.05) is 58.6 Å². The molecular weight excluding hydrogens is 264 g/mol. The number of nitrogen functional groups attached to an aromatic ring is 1. The molecule has 106 valence electrons. The van der Waals surface area contributed by atoms with Gasteiger partial charge in [0.05, 0.1) is 11.2 Å². The van der Waals surface area contributed by atoms with E-state index in [1.54, 1.807) is 6.07 Å². The second kappa shape index (κ2) is 4.90. The zero-order chi connectivity index (χ0) is 15.0. The molecule has 6 nitrogen and oxygen atoms in total. The van der Waals surface area contributed by atoms with Crippen molar-refractivity contribution in [2.24, 2.45) is 5.73 Å². The number of nitrogens with one attached hydrogen (secondary N) is 3. The highest BCUT2D eigenvalue weighted by Gasteiger charge is 2.22. The fourth-order valence-corrected chi connectivity index (χ4v) is 2.78. The molecule has 1 aromatic heterocycles. The van der Waals surface area contributed by atoms with E-state index in [1.165, 1.54) is 18.6 Å². The van der Waals surface area contributed by atoms with E-state index in [1.807, 2.05) is 6.07 Å². The maximum absolute atomic E-state index is 7.61. The quantitative estimate of drug-likeness (QED) is 0.433. The first-order valence-corrected chi connectivity index (χ1v) is 6.63. The maximum Gasteiger partial charge on any atom is 0.0792 e. The molecule has 1 aromatic carbocycles. The van der Waals surface area contributed by atoms with Crippen molar-refractivity contribution in [1.82, 2.24) is 4.98 Å². The van der Waals surface area contributed by atoms with E-state index in [-0.39, 0.29) is 0 Å². The van der Waals surface area contributed by atoms with Gasteiger partial charge in [-0.1, -0.05) is 0 Å². The monoisotopic (exact) mass is 280 g/mol. The molecule has 0 amide bonds. The van der Waals surface area contributed by atoms with Crippen LogP contribution in [0.15, 0.2) is 18.3 Å². The van der Waals surface area contributed by atoms with Crippen molar-refractivity contribution in [2.45, 2.75) is 6.42 Å². The van der Waals surface area contributed by atoms with Gasteiger partial charge in [-0.3, -0.25) is 0 Å². The largest absolute Gasteiger partial charge is 0.404 e. The Bertz CT molecular complexity index is 791. The van der Waals surface area contributed by atoms with Crippen molar-refractivity contribution in [2.75, 3.05) is 17.6 Å². The lowest BCUT2D eigenvalue weighted by molar-refractivity contribution is 1.09. The maximum atomic E-state index is 7.61. The Morgan fingerprint density at radius 2 is 2.14 bits per heavy atom. The molecule has 0 radical (unpaired) electrons. The number of aromatic nitrogens is 1. The number of nitrogens with zero attached hydrogens (tertiary/aromatic N) is 1. The topological polar surface area (TPSA) is 125 Å². The minimum atomic E-state index is 0.560. The number of nitrogens with two attached hydrogens (primary N) is 2. The molecule has 3 rings (SSSR count). The Hall–Kier alpha value is -2.89. The van der Waals surface area contributed by atoms with Gasteiger partial charge in [-0.25, -0.2) is 4.98 Å². The Kier molecular flexibility index (Phi) is 3.06. The molecular formula is C15H16N6. The van der Waals surface area contributed by atoms with Crippen LogP contribution in [0, 0.1) is 10.8 Å². The highest BCUT2D eigenvalue weighted by molar-refractivity contribution is 6.13. The van der Waals surface area contributed by atoms with Crippen molar-refractivity contribution in [3.05, 3.63) is 35.2 Å². The predicted molar refractivity (Wildman–Crippen MR) is 87.2 cm³/mol. The summed E-state index contributed by atoms with van der Waals surface area (Å²) in [7, 11) is 0. The fraction of sp³-hybridized carbons (Fsp3) is 0.133. The Balaban J connectivity index is 2.45. The minimum absolute atomic E-state index is 0.560. The lowest BCUT2D eigenvalue weighted by Crippen LogP contribution is -2.03. The van der Waals surface area contributed by atoms with Crippen molar-refractivity contribution in [1.29, 1.82) is 10.8 Å². The molecule has 2 heterocycles. The van der Waals surface area contributed by atoms with E-state index in [4.69, 9.17) is 22.3 Å². The van der Waals surface area contributed by atoms with E-state index >= 15 is 0 Å². The van der Waals surface area contributed by atoms with Crippen molar-refractivity contribution >= 4 is 40.3 Å². The van der Waals surface area contributed by atoms with E-state index < -0.39 is 0 Å². The zero-order valence-electron chi connectivity index (χ0n) is 11.4. The van der Waals surface area contributed by atoms with Crippen molar-refractivity contribution in [3.8, 4) is 0 Å². The molecule has 2 aromatic rings. The van der Waals surface area contributed by atoms with Crippen LogP contribution in [0.5, 0.6) is 0 Å². The van der Waals surface area contributed by atoms with Gasteiger partial charge >= 0.3 is 0 Å². The number of allylic oxidation sites excluding steroid dienone is 1. The van der Waals surface area contributed by atoms with E-state index in [9.17, 15) is 0 Å². The van der Waals surface area contributed by atoms with Gasteiger partial charge < -0.3 is 27.6 Å². The van der Waals surface area contributed by atoms with Crippen LogP contribution in [0.2, 0.25) is 0 Å². The number of rotatable bonds is 3. The summed E-state index contributed by atoms with van der Waals surface area (Å²) in [6, 6.07) is 3.58. The smallest absolute Gasteiger partial charge is 0.0792 e. The van der Waals surface area contributed by atoms with Crippen molar-refractivity contribution < 1.29 is 0 Å². The van der Waals surface area contributed by atoms with Crippen LogP contribution >= 0.6 is 0 Å². The average molecular weight is 280 g/mol. The number of fused-ring (bicyclic) bond motifs is 3. The summed E-state index contributed by atoms with van der Waals surface area (Å²) in [5, 5.41) is 19.3. The molecule has 21 heavy (non-hydrogen) atoms. The van der Waals surface area contributed by atoms with Gasteiger partial charge in [-0.2, -0.15) is 0 Å². The second-order valence-corrected chi connectivity index (χ2v) is 4.86. The van der Waals surface area contributed by atoms with Crippen LogP contribution in [-0.4, -0.2) is 24.0 Å². The molecule has 1 aliphatic heterocycles. The first kappa shape index (κ1) is 13.1. The SMILES string of the molecule is N=C/C(=C\N)c1nc2ccc(N)c(C=N)c2c2c1CCN2.